The van der Waals surface area contributed by atoms with E-state index in [9.17, 15) is 0 Å². The SMILES string of the molecule is CC(C)CCCNc1cnccc1C#N. The van der Waals surface area contributed by atoms with Gasteiger partial charge in [-0.05, 0) is 24.8 Å². The minimum Gasteiger partial charge on any atom is -0.383 e. The lowest BCUT2D eigenvalue weighted by atomic mass is 10.1. The fourth-order valence-electron chi connectivity index (χ4n) is 1.37. The summed E-state index contributed by atoms with van der Waals surface area (Å²) in [6.45, 7) is 5.33. The molecule has 1 rings (SSSR count). The van der Waals surface area contributed by atoms with Crippen molar-refractivity contribution in [1.29, 1.82) is 5.26 Å². The Balaban J connectivity index is 2.41. The molecule has 0 atom stereocenters. The van der Waals surface area contributed by atoms with E-state index in [4.69, 9.17) is 5.26 Å². The molecule has 0 radical (unpaired) electrons. The van der Waals surface area contributed by atoms with Crippen molar-refractivity contribution in [2.45, 2.75) is 26.7 Å². The molecule has 0 aliphatic carbocycles. The largest absolute Gasteiger partial charge is 0.383 e. The number of nitrogens with zero attached hydrogens (tertiary/aromatic N) is 2. The number of hydrogen-bond donors (Lipinski definition) is 1. The van der Waals surface area contributed by atoms with Crippen molar-refractivity contribution in [2.75, 3.05) is 11.9 Å². The quantitative estimate of drug-likeness (QED) is 0.748. The molecule has 0 aliphatic rings. The molecule has 0 fully saturated rings. The maximum absolute atomic E-state index is 8.85. The van der Waals surface area contributed by atoms with E-state index in [-0.39, 0.29) is 0 Å². The number of nitriles is 1. The Morgan fingerprint density at radius 1 is 1.53 bits per heavy atom. The highest BCUT2D eigenvalue weighted by molar-refractivity contribution is 5.55. The number of pyridine rings is 1. The lowest BCUT2D eigenvalue weighted by Crippen LogP contribution is -2.04. The van der Waals surface area contributed by atoms with E-state index < -0.39 is 0 Å². The Kier molecular flexibility index (Phi) is 4.62. The Hall–Kier alpha value is -1.56. The van der Waals surface area contributed by atoms with E-state index in [0.717, 1.165) is 24.6 Å². The van der Waals surface area contributed by atoms with E-state index >= 15 is 0 Å². The zero-order valence-corrected chi connectivity index (χ0v) is 9.33. The monoisotopic (exact) mass is 203 g/mol. The Labute approximate surface area is 91.1 Å². The smallest absolute Gasteiger partial charge is 0.101 e. The summed E-state index contributed by atoms with van der Waals surface area (Å²) in [5.74, 6) is 0.733. The highest BCUT2D eigenvalue weighted by atomic mass is 14.9. The van der Waals surface area contributed by atoms with E-state index in [1.165, 1.54) is 6.42 Å². The number of rotatable bonds is 5. The Bertz CT molecular complexity index is 339. The predicted molar refractivity (Wildman–Crippen MR) is 61.5 cm³/mol. The fourth-order valence-corrected chi connectivity index (χ4v) is 1.37. The van der Waals surface area contributed by atoms with Gasteiger partial charge in [0.2, 0.25) is 0 Å². The second-order valence-electron chi connectivity index (χ2n) is 4.00. The Morgan fingerprint density at radius 3 is 3.00 bits per heavy atom. The Morgan fingerprint density at radius 2 is 2.33 bits per heavy atom. The lowest BCUT2D eigenvalue weighted by molar-refractivity contribution is 0.567. The molecule has 0 spiro atoms. The number of hydrogen-bond acceptors (Lipinski definition) is 3. The van der Waals surface area contributed by atoms with Gasteiger partial charge in [-0.15, -0.1) is 0 Å². The molecule has 0 saturated heterocycles. The summed E-state index contributed by atoms with van der Waals surface area (Å²) in [4.78, 5) is 3.99. The molecular formula is C12H17N3. The van der Waals surface area contributed by atoms with Gasteiger partial charge in [-0.1, -0.05) is 13.8 Å². The minimum atomic E-state index is 0.662. The van der Waals surface area contributed by atoms with Gasteiger partial charge in [0.1, 0.15) is 6.07 Å². The van der Waals surface area contributed by atoms with Gasteiger partial charge in [0.15, 0.2) is 0 Å². The van der Waals surface area contributed by atoms with Gasteiger partial charge in [0, 0.05) is 12.7 Å². The van der Waals surface area contributed by atoms with E-state index in [2.05, 4.69) is 30.2 Å². The molecule has 0 amide bonds. The highest BCUT2D eigenvalue weighted by Gasteiger charge is 2.00. The maximum Gasteiger partial charge on any atom is 0.101 e. The first-order valence-electron chi connectivity index (χ1n) is 5.32. The zero-order valence-electron chi connectivity index (χ0n) is 9.33. The number of aromatic nitrogens is 1. The molecule has 1 aromatic heterocycles. The van der Waals surface area contributed by atoms with Crippen LogP contribution in [-0.2, 0) is 0 Å². The maximum atomic E-state index is 8.85. The molecule has 1 N–H and O–H groups in total. The van der Waals surface area contributed by atoms with Crippen LogP contribution in [0, 0.1) is 17.2 Å². The van der Waals surface area contributed by atoms with Gasteiger partial charge in [-0.3, -0.25) is 4.98 Å². The minimum absolute atomic E-state index is 0.662. The molecule has 1 aromatic rings. The number of nitrogens with one attached hydrogen (secondary N) is 1. The molecule has 0 saturated carbocycles. The summed E-state index contributed by atoms with van der Waals surface area (Å²) in [5, 5.41) is 12.1. The van der Waals surface area contributed by atoms with Crippen molar-refractivity contribution in [3.05, 3.63) is 24.0 Å². The molecule has 0 aliphatic heterocycles. The van der Waals surface area contributed by atoms with Crippen LogP contribution in [0.25, 0.3) is 0 Å². The van der Waals surface area contributed by atoms with Crippen LogP contribution >= 0.6 is 0 Å². The molecule has 0 bridgehead atoms. The van der Waals surface area contributed by atoms with Crippen molar-refractivity contribution in [1.82, 2.24) is 4.98 Å². The van der Waals surface area contributed by atoms with Crippen LogP contribution in [-0.4, -0.2) is 11.5 Å². The average molecular weight is 203 g/mol. The molecule has 80 valence electrons. The summed E-state index contributed by atoms with van der Waals surface area (Å²) < 4.78 is 0. The van der Waals surface area contributed by atoms with Crippen LogP contribution in [0.15, 0.2) is 18.5 Å². The van der Waals surface area contributed by atoms with Crippen LogP contribution < -0.4 is 5.32 Å². The van der Waals surface area contributed by atoms with Crippen LogP contribution in [0.3, 0.4) is 0 Å². The summed E-state index contributed by atoms with van der Waals surface area (Å²) in [5.41, 5.74) is 1.50. The van der Waals surface area contributed by atoms with Crippen LogP contribution in [0.1, 0.15) is 32.3 Å². The normalized spacial score (nSPS) is 10.0. The van der Waals surface area contributed by atoms with E-state index in [0.29, 0.717) is 5.56 Å². The molecule has 3 nitrogen and oxygen atoms in total. The first-order chi connectivity index (χ1) is 7.24. The second kappa shape index (κ2) is 6.02. The van der Waals surface area contributed by atoms with Crippen LogP contribution in [0.4, 0.5) is 5.69 Å². The first-order valence-corrected chi connectivity index (χ1v) is 5.32. The molecule has 3 heteroatoms. The fraction of sp³-hybridized carbons (Fsp3) is 0.500. The third-order valence-electron chi connectivity index (χ3n) is 2.22. The van der Waals surface area contributed by atoms with Crippen LogP contribution in [0.2, 0.25) is 0 Å². The van der Waals surface area contributed by atoms with Crippen molar-refractivity contribution >= 4 is 5.69 Å². The van der Waals surface area contributed by atoms with Crippen molar-refractivity contribution in [3.8, 4) is 6.07 Å². The van der Waals surface area contributed by atoms with Gasteiger partial charge >= 0.3 is 0 Å². The van der Waals surface area contributed by atoms with Crippen molar-refractivity contribution in [3.63, 3.8) is 0 Å². The summed E-state index contributed by atoms with van der Waals surface area (Å²) in [6, 6.07) is 3.87. The topological polar surface area (TPSA) is 48.7 Å². The molecule has 0 unspecified atom stereocenters. The van der Waals surface area contributed by atoms with Crippen molar-refractivity contribution in [2.24, 2.45) is 5.92 Å². The molecule has 0 aromatic carbocycles. The summed E-state index contributed by atoms with van der Waals surface area (Å²) in [7, 11) is 0. The third-order valence-corrected chi connectivity index (χ3v) is 2.22. The summed E-state index contributed by atoms with van der Waals surface area (Å²) >= 11 is 0. The lowest BCUT2D eigenvalue weighted by Gasteiger charge is -2.08. The standard InChI is InChI=1S/C12H17N3/c1-10(2)4-3-6-15-12-9-14-7-5-11(12)8-13/h5,7,9-10,15H,3-4,6H2,1-2H3. The molecular weight excluding hydrogens is 186 g/mol. The number of anilines is 1. The van der Waals surface area contributed by atoms with Gasteiger partial charge in [0.25, 0.3) is 0 Å². The van der Waals surface area contributed by atoms with Gasteiger partial charge < -0.3 is 5.32 Å². The van der Waals surface area contributed by atoms with E-state index in [1.807, 2.05) is 0 Å². The zero-order chi connectivity index (χ0) is 11.1. The molecule has 1 heterocycles. The highest BCUT2D eigenvalue weighted by Crippen LogP contribution is 2.12. The van der Waals surface area contributed by atoms with Crippen LogP contribution in [0.5, 0.6) is 0 Å². The van der Waals surface area contributed by atoms with Crippen molar-refractivity contribution < 1.29 is 0 Å². The van der Waals surface area contributed by atoms with Gasteiger partial charge in [-0.25, -0.2) is 0 Å². The van der Waals surface area contributed by atoms with E-state index in [1.54, 1.807) is 18.5 Å². The second-order valence-corrected chi connectivity index (χ2v) is 4.00. The molecule has 15 heavy (non-hydrogen) atoms. The van der Waals surface area contributed by atoms with Gasteiger partial charge in [-0.2, -0.15) is 5.26 Å². The van der Waals surface area contributed by atoms with Gasteiger partial charge in [0.05, 0.1) is 17.4 Å². The first kappa shape index (κ1) is 11.5. The third kappa shape index (κ3) is 3.99. The summed E-state index contributed by atoms with van der Waals surface area (Å²) in [6.07, 6.45) is 5.67. The average Bonchev–Trinajstić information content (AvgIpc) is 2.24. The predicted octanol–water partition coefficient (Wildman–Crippen LogP) is 2.80.